The minimum absolute atomic E-state index is 0.153. The number of carboxylic acids is 1. The number of carbonyl (C=O) groups is 1. The Bertz CT molecular complexity index is 456. The van der Waals surface area contributed by atoms with E-state index in [0.29, 0.717) is 17.1 Å². The van der Waals surface area contributed by atoms with E-state index in [1.54, 1.807) is 19.1 Å². The highest BCUT2D eigenvalue weighted by Crippen LogP contribution is 2.23. The molecule has 2 rings (SSSR count). The van der Waals surface area contributed by atoms with Gasteiger partial charge in [-0.15, -0.1) is 0 Å². The van der Waals surface area contributed by atoms with E-state index in [2.05, 4.69) is 10.2 Å². The smallest absolute Gasteiger partial charge is 0.339 e. The fraction of sp³-hybridized carbons (Fsp3) is 0.111. The zero-order valence-corrected chi connectivity index (χ0v) is 7.44. The topological polar surface area (TPSA) is 79.1 Å². The first-order valence-electron chi connectivity index (χ1n) is 4.02. The van der Waals surface area contributed by atoms with Gasteiger partial charge in [0.1, 0.15) is 11.3 Å². The van der Waals surface area contributed by atoms with E-state index in [0.717, 1.165) is 0 Å². The van der Waals surface area contributed by atoms with Crippen molar-refractivity contribution in [2.75, 3.05) is 0 Å². The van der Waals surface area contributed by atoms with Crippen LogP contribution in [0.1, 0.15) is 16.1 Å². The number of hydrogen-bond acceptors (Lipinski definition) is 3. The number of aromatic carboxylic acids is 1. The van der Waals surface area contributed by atoms with E-state index in [1.807, 2.05) is 0 Å². The number of aromatic nitrogens is 2. The van der Waals surface area contributed by atoms with Crippen molar-refractivity contribution in [3.05, 3.63) is 29.7 Å². The van der Waals surface area contributed by atoms with Crippen LogP contribution in [-0.2, 0) is 0 Å². The van der Waals surface area contributed by atoms with Gasteiger partial charge >= 0.3 is 5.97 Å². The number of H-pyrrole nitrogens is 1. The molecule has 72 valence electrons. The van der Waals surface area contributed by atoms with Crippen molar-refractivity contribution in [3.8, 4) is 11.5 Å². The molecule has 0 aliphatic carbocycles. The van der Waals surface area contributed by atoms with Crippen LogP contribution in [0.3, 0.4) is 0 Å². The molecule has 0 saturated heterocycles. The zero-order valence-electron chi connectivity index (χ0n) is 7.44. The lowest BCUT2D eigenvalue weighted by atomic mass is 10.1. The van der Waals surface area contributed by atoms with Crippen molar-refractivity contribution in [2.45, 2.75) is 6.92 Å². The summed E-state index contributed by atoms with van der Waals surface area (Å²) in [5.74, 6) is -0.561. The quantitative estimate of drug-likeness (QED) is 0.758. The molecule has 2 aromatic rings. The normalized spacial score (nSPS) is 10.4. The van der Waals surface area contributed by atoms with Gasteiger partial charge in [-0.05, 0) is 19.1 Å². The summed E-state index contributed by atoms with van der Waals surface area (Å²) < 4.78 is 5.08. The predicted molar refractivity (Wildman–Crippen MR) is 48.0 cm³/mol. The molecule has 0 fully saturated rings. The van der Waals surface area contributed by atoms with Crippen molar-refractivity contribution in [1.29, 1.82) is 0 Å². The van der Waals surface area contributed by atoms with Gasteiger partial charge in [-0.2, -0.15) is 5.10 Å². The van der Waals surface area contributed by atoms with E-state index in [4.69, 9.17) is 9.52 Å². The third kappa shape index (κ3) is 1.19. The molecular weight excluding hydrogens is 184 g/mol. The van der Waals surface area contributed by atoms with Gasteiger partial charge in [-0.25, -0.2) is 4.79 Å². The summed E-state index contributed by atoms with van der Waals surface area (Å²) >= 11 is 0. The van der Waals surface area contributed by atoms with Crippen LogP contribution >= 0.6 is 0 Å². The number of aromatic amines is 1. The highest BCUT2D eigenvalue weighted by molar-refractivity contribution is 5.95. The summed E-state index contributed by atoms with van der Waals surface area (Å²) in [6.45, 7) is 1.66. The highest BCUT2D eigenvalue weighted by atomic mass is 16.4. The summed E-state index contributed by atoms with van der Waals surface area (Å²) in [7, 11) is 0. The SMILES string of the molecule is Cc1[nH]nc(-c2ccco2)c1C(=O)O. The maximum absolute atomic E-state index is 10.9. The van der Waals surface area contributed by atoms with E-state index < -0.39 is 5.97 Å². The van der Waals surface area contributed by atoms with Gasteiger partial charge in [0.05, 0.1) is 6.26 Å². The van der Waals surface area contributed by atoms with Crippen LogP contribution < -0.4 is 0 Å². The van der Waals surface area contributed by atoms with Gasteiger partial charge in [0, 0.05) is 5.69 Å². The maximum Gasteiger partial charge on any atom is 0.339 e. The molecule has 0 atom stereocenters. The second-order valence-corrected chi connectivity index (χ2v) is 2.85. The molecular formula is C9H8N2O3. The Balaban J connectivity index is 2.60. The van der Waals surface area contributed by atoms with Crippen molar-refractivity contribution < 1.29 is 14.3 Å². The number of carboxylic acid groups (broad SMARTS) is 1. The molecule has 0 unspecified atom stereocenters. The molecule has 2 heterocycles. The van der Waals surface area contributed by atoms with Gasteiger partial charge in [-0.1, -0.05) is 0 Å². The Morgan fingerprint density at radius 2 is 2.43 bits per heavy atom. The predicted octanol–water partition coefficient (Wildman–Crippen LogP) is 1.68. The Morgan fingerprint density at radius 3 is 3.00 bits per heavy atom. The third-order valence-corrected chi connectivity index (χ3v) is 1.92. The molecule has 5 heteroatoms. The fourth-order valence-electron chi connectivity index (χ4n) is 1.28. The maximum atomic E-state index is 10.9. The molecule has 0 aliphatic rings. The standard InChI is InChI=1S/C9H8N2O3/c1-5-7(9(12)13)8(11-10-5)6-3-2-4-14-6/h2-4H,1H3,(H,10,11)(H,12,13). The molecule has 2 aromatic heterocycles. The summed E-state index contributed by atoms with van der Waals surface area (Å²) in [6.07, 6.45) is 1.48. The van der Waals surface area contributed by atoms with Gasteiger partial charge in [0.25, 0.3) is 0 Å². The van der Waals surface area contributed by atoms with E-state index in [9.17, 15) is 4.79 Å². The van der Waals surface area contributed by atoms with Crippen molar-refractivity contribution in [2.24, 2.45) is 0 Å². The van der Waals surface area contributed by atoms with Gasteiger partial charge < -0.3 is 9.52 Å². The second-order valence-electron chi connectivity index (χ2n) is 2.85. The lowest BCUT2D eigenvalue weighted by molar-refractivity contribution is 0.0697. The minimum atomic E-state index is -1.01. The van der Waals surface area contributed by atoms with Crippen LogP contribution in [0.2, 0.25) is 0 Å². The molecule has 0 amide bonds. The van der Waals surface area contributed by atoms with Gasteiger partial charge in [0.2, 0.25) is 0 Å². The minimum Gasteiger partial charge on any atom is -0.478 e. The summed E-state index contributed by atoms with van der Waals surface area (Å²) in [4.78, 5) is 10.9. The number of furan rings is 1. The Morgan fingerprint density at radius 1 is 1.64 bits per heavy atom. The van der Waals surface area contributed by atoms with Crippen LogP contribution in [0.5, 0.6) is 0 Å². The molecule has 14 heavy (non-hydrogen) atoms. The molecule has 0 radical (unpaired) electrons. The van der Waals surface area contributed by atoms with Crippen LogP contribution in [0.25, 0.3) is 11.5 Å². The average Bonchev–Trinajstić information content (AvgIpc) is 2.70. The van der Waals surface area contributed by atoms with Gasteiger partial charge in [0.15, 0.2) is 5.76 Å². The first-order valence-corrected chi connectivity index (χ1v) is 4.02. The molecule has 0 spiro atoms. The molecule has 0 bridgehead atoms. The van der Waals surface area contributed by atoms with Crippen molar-refractivity contribution >= 4 is 5.97 Å². The number of nitrogens with one attached hydrogen (secondary N) is 1. The Hall–Kier alpha value is -2.04. The average molecular weight is 192 g/mol. The number of hydrogen-bond donors (Lipinski definition) is 2. The molecule has 0 aromatic carbocycles. The Labute approximate surface area is 79.4 Å². The summed E-state index contributed by atoms with van der Waals surface area (Å²) in [6, 6.07) is 3.35. The van der Waals surface area contributed by atoms with Crippen LogP contribution in [0.15, 0.2) is 22.8 Å². The first-order chi connectivity index (χ1) is 6.70. The molecule has 0 aliphatic heterocycles. The number of nitrogens with zero attached hydrogens (tertiary/aromatic N) is 1. The van der Waals surface area contributed by atoms with Crippen LogP contribution in [-0.4, -0.2) is 21.3 Å². The molecule has 5 nitrogen and oxygen atoms in total. The van der Waals surface area contributed by atoms with E-state index >= 15 is 0 Å². The highest BCUT2D eigenvalue weighted by Gasteiger charge is 2.19. The first kappa shape index (κ1) is 8.55. The van der Waals surface area contributed by atoms with E-state index in [1.165, 1.54) is 6.26 Å². The van der Waals surface area contributed by atoms with Crippen molar-refractivity contribution in [1.82, 2.24) is 10.2 Å². The molecule has 0 saturated carbocycles. The monoisotopic (exact) mass is 192 g/mol. The number of rotatable bonds is 2. The van der Waals surface area contributed by atoms with Crippen molar-refractivity contribution in [3.63, 3.8) is 0 Å². The largest absolute Gasteiger partial charge is 0.478 e. The van der Waals surface area contributed by atoms with Crippen LogP contribution in [0, 0.1) is 6.92 Å². The summed E-state index contributed by atoms with van der Waals surface area (Å²) in [5.41, 5.74) is 1.00. The molecule has 2 N–H and O–H groups in total. The third-order valence-electron chi connectivity index (χ3n) is 1.92. The number of aryl methyl sites for hydroxylation is 1. The van der Waals surface area contributed by atoms with Gasteiger partial charge in [-0.3, -0.25) is 5.10 Å². The lowest BCUT2D eigenvalue weighted by Crippen LogP contribution is -1.98. The lowest BCUT2D eigenvalue weighted by Gasteiger charge is -1.93. The zero-order chi connectivity index (χ0) is 10.1. The second kappa shape index (κ2) is 3.02. The fourth-order valence-corrected chi connectivity index (χ4v) is 1.28. The summed E-state index contributed by atoms with van der Waals surface area (Å²) in [5, 5.41) is 15.4. The Kier molecular flexibility index (Phi) is 1.85. The van der Waals surface area contributed by atoms with E-state index in [-0.39, 0.29) is 5.56 Å². The van der Waals surface area contributed by atoms with Crippen LogP contribution in [0.4, 0.5) is 0 Å².